The first-order valence-electron chi connectivity index (χ1n) is 12.5. The third-order valence-corrected chi connectivity index (χ3v) is 8.20. The van der Waals surface area contributed by atoms with Crippen LogP contribution in [0.2, 0.25) is 0 Å². The lowest BCUT2D eigenvalue weighted by molar-refractivity contribution is 0.0235. The van der Waals surface area contributed by atoms with Gasteiger partial charge >= 0.3 is 0 Å². The van der Waals surface area contributed by atoms with Crippen LogP contribution in [0.15, 0.2) is 63.3 Å². The van der Waals surface area contributed by atoms with Crippen LogP contribution in [0.5, 0.6) is 0 Å². The standard InChI is InChI=1S/C14H11NS.C7H14FIO.2C4H10/c1-10-11-6-2-4-8-13(11)16-14-9-5-3-7-12(14)15-10;1-4-5(10)7(2,3)6(8)9;2*1-3-4-2/h2-9H,1H3;5-6,10H,4H2,1-3H3;2*3-4H2,1-2H3. The van der Waals surface area contributed by atoms with Gasteiger partial charge in [0.05, 0.1) is 11.8 Å². The number of aliphatic hydroxyl groups is 1. The number of benzene rings is 2. The van der Waals surface area contributed by atoms with Crippen molar-refractivity contribution in [3.8, 4) is 0 Å². The smallest absolute Gasteiger partial charge is 0.158 e. The first-order valence-corrected chi connectivity index (χ1v) is 14.5. The maximum absolute atomic E-state index is 12.7. The summed E-state index contributed by atoms with van der Waals surface area (Å²) in [4.78, 5) is 7.19. The van der Waals surface area contributed by atoms with Gasteiger partial charge in [-0.25, -0.2) is 4.39 Å². The third-order valence-electron chi connectivity index (χ3n) is 5.46. The van der Waals surface area contributed by atoms with Crippen molar-refractivity contribution in [2.24, 2.45) is 10.4 Å². The summed E-state index contributed by atoms with van der Waals surface area (Å²) in [6.07, 6.45) is 5.34. The van der Waals surface area contributed by atoms with Gasteiger partial charge in [-0.1, -0.05) is 116 Å². The first kappa shape index (κ1) is 33.1. The van der Waals surface area contributed by atoms with E-state index in [4.69, 9.17) is 0 Å². The Bertz CT molecular complexity index is 830. The molecular formula is C29H45FINOS. The molecule has 0 fully saturated rings. The molecule has 0 aliphatic carbocycles. The van der Waals surface area contributed by atoms with Crippen molar-refractivity contribution in [2.75, 3.05) is 0 Å². The third kappa shape index (κ3) is 11.7. The Labute approximate surface area is 226 Å². The lowest BCUT2D eigenvalue weighted by Gasteiger charge is -2.29. The number of fused-ring (bicyclic) bond motifs is 2. The van der Waals surface area contributed by atoms with E-state index in [0.717, 1.165) is 11.4 Å². The molecule has 1 aliphatic rings. The van der Waals surface area contributed by atoms with Crippen molar-refractivity contribution in [2.45, 2.75) is 108 Å². The van der Waals surface area contributed by atoms with E-state index in [-0.39, 0.29) is 0 Å². The second-order valence-corrected chi connectivity index (χ2v) is 11.0. The van der Waals surface area contributed by atoms with Gasteiger partial charge < -0.3 is 5.11 Å². The molecule has 2 nitrogen and oxygen atoms in total. The Balaban J connectivity index is 0.000000520. The minimum Gasteiger partial charge on any atom is -0.392 e. The zero-order valence-corrected chi connectivity index (χ0v) is 25.3. The van der Waals surface area contributed by atoms with E-state index in [1.165, 1.54) is 41.0 Å². The molecule has 1 heterocycles. The van der Waals surface area contributed by atoms with Crippen LogP contribution >= 0.6 is 34.4 Å². The molecule has 0 radical (unpaired) electrons. The van der Waals surface area contributed by atoms with E-state index >= 15 is 0 Å². The Morgan fingerprint density at radius 3 is 1.79 bits per heavy atom. The van der Waals surface area contributed by atoms with Crippen LogP contribution in [0.1, 0.15) is 93.1 Å². The summed E-state index contributed by atoms with van der Waals surface area (Å²) in [7, 11) is 0. The van der Waals surface area contributed by atoms with Gasteiger partial charge in [-0.05, 0) is 54.1 Å². The summed E-state index contributed by atoms with van der Waals surface area (Å²) in [5, 5.41) is 9.31. The number of aliphatic hydroxyl groups excluding tert-OH is 1. The molecule has 192 valence electrons. The van der Waals surface area contributed by atoms with E-state index in [0.29, 0.717) is 6.42 Å². The fraction of sp³-hybridized carbons (Fsp3) is 0.552. The topological polar surface area (TPSA) is 32.6 Å². The highest BCUT2D eigenvalue weighted by Crippen LogP contribution is 2.39. The van der Waals surface area contributed by atoms with E-state index < -0.39 is 15.7 Å². The van der Waals surface area contributed by atoms with E-state index in [1.807, 2.05) is 13.0 Å². The van der Waals surface area contributed by atoms with Crippen LogP contribution in [0.25, 0.3) is 0 Å². The molecule has 0 spiro atoms. The predicted molar refractivity (Wildman–Crippen MR) is 159 cm³/mol. The highest BCUT2D eigenvalue weighted by Gasteiger charge is 2.33. The number of nitrogens with zero attached hydrogens (tertiary/aromatic N) is 1. The van der Waals surface area contributed by atoms with E-state index in [1.54, 1.807) is 48.2 Å². The number of alkyl halides is 2. The maximum Gasteiger partial charge on any atom is 0.158 e. The summed E-state index contributed by atoms with van der Waals surface area (Å²) in [6.45, 7) is 16.1. The second kappa shape index (κ2) is 18.4. The highest BCUT2D eigenvalue weighted by atomic mass is 127. The fourth-order valence-electron chi connectivity index (χ4n) is 2.52. The average molecular weight is 602 g/mol. The largest absolute Gasteiger partial charge is 0.392 e. The molecule has 0 saturated heterocycles. The number of aliphatic imine (C=N–C) groups is 1. The Morgan fingerprint density at radius 1 is 0.882 bits per heavy atom. The minimum absolute atomic E-state index is 0.542. The van der Waals surface area contributed by atoms with E-state index in [2.05, 4.69) is 82.1 Å². The zero-order chi connectivity index (χ0) is 26.1. The molecular weight excluding hydrogens is 556 g/mol. The summed E-state index contributed by atoms with van der Waals surface area (Å²) in [6, 6.07) is 16.7. The average Bonchev–Trinajstić information content (AvgIpc) is 2.99. The predicted octanol–water partition coefficient (Wildman–Crippen LogP) is 10.4. The maximum atomic E-state index is 12.7. The van der Waals surface area contributed by atoms with Crippen molar-refractivity contribution in [1.29, 1.82) is 0 Å². The molecule has 0 bridgehead atoms. The summed E-state index contributed by atoms with van der Waals surface area (Å²) >= 11 is 3.49. The number of rotatable bonds is 5. The summed E-state index contributed by atoms with van der Waals surface area (Å²) in [5.41, 5.74) is 2.79. The quantitative estimate of drug-likeness (QED) is 0.273. The first-order chi connectivity index (χ1) is 16.1. The Morgan fingerprint density at radius 2 is 1.35 bits per heavy atom. The van der Waals surface area contributed by atoms with Gasteiger partial charge in [0.15, 0.2) is 4.18 Å². The molecule has 0 aromatic heterocycles. The van der Waals surface area contributed by atoms with Gasteiger partial charge in [0.25, 0.3) is 0 Å². The Hall–Kier alpha value is -0.920. The van der Waals surface area contributed by atoms with Gasteiger partial charge in [-0.15, -0.1) is 0 Å². The van der Waals surface area contributed by atoms with Gasteiger partial charge in [-0.3, -0.25) is 4.99 Å². The van der Waals surface area contributed by atoms with Crippen LogP contribution < -0.4 is 0 Å². The molecule has 2 aromatic rings. The zero-order valence-electron chi connectivity index (χ0n) is 22.4. The number of unbranched alkanes of at least 4 members (excludes halogenated alkanes) is 2. The van der Waals surface area contributed by atoms with Crippen LogP contribution in [-0.4, -0.2) is 21.1 Å². The van der Waals surface area contributed by atoms with E-state index in [9.17, 15) is 9.50 Å². The Kier molecular flexibility index (Phi) is 17.9. The second-order valence-electron chi connectivity index (χ2n) is 8.81. The number of halogens is 2. The molecule has 0 saturated carbocycles. The molecule has 3 rings (SSSR count). The van der Waals surface area contributed by atoms with Gasteiger partial charge in [-0.2, -0.15) is 0 Å². The van der Waals surface area contributed by atoms with Crippen molar-refractivity contribution >= 4 is 45.8 Å². The van der Waals surface area contributed by atoms with Gasteiger partial charge in [0.1, 0.15) is 0 Å². The summed E-state index contributed by atoms with van der Waals surface area (Å²) < 4.78 is 11.8. The van der Waals surface area contributed by atoms with Crippen molar-refractivity contribution in [3.63, 3.8) is 0 Å². The molecule has 0 amide bonds. The minimum atomic E-state index is -0.986. The molecule has 2 unspecified atom stereocenters. The SMILES string of the molecule is CC1=Nc2ccccc2Sc2ccccc21.CCC(O)C(C)(C)C(F)I.CCCC.CCCC. The number of para-hydroxylation sites is 1. The lowest BCUT2D eigenvalue weighted by atomic mass is 9.87. The van der Waals surface area contributed by atoms with Crippen LogP contribution in [0.3, 0.4) is 0 Å². The van der Waals surface area contributed by atoms with Gasteiger partial charge in [0.2, 0.25) is 0 Å². The number of hydrogen-bond acceptors (Lipinski definition) is 3. The molecule has 2 aromatic carbocycles. The fourth-order valence-corrected chi connectivity index (χ4v) is 4.01. The molecule has 1 N–H and O–H groups in total. The van der Waals surface area contributed by atoms with Crippen molar-refractivity contribution in [3.05, 3.63) is 54.1 Å². The monoisotopic (exact) mass is 601 g/mol. The molecule has 5 heteroatoms. The highest BCUT2D eigenvalue weighted by molar-refractivity contribution is 14.1. The van der Waals surface area contributed by atoms with Crippen molar-refractivity contribution < 1.29 is 9.50 Å². The van der Waals surface area contributed by atoms with Gasteiger partial charge in [0, 0.05) is 26.5 Å². The summed E-state index contributed by atoms with van der Waals surface area (Å²) in [5.74, 6) is 0. The van der Waals surface area contributed by atoms with Crippen LogP contribution in [0, 0.1) is 5.41 Å². The molecule has 34 heavy (non-hydrogen) atoms. The normalized spacial score (nSPS) is 13.6. The van der Waals surface area contributed by atoms with Crippen molar-refractivity contribution in [1.82, 2.24) is 0 Å². The molecule has 2 atom stereocenters. The van der Waals surface area contributed by atoms with Crippen LogP contribution in [-0.2, 0) is 0 Å². The lowest BCUT2D eigenvalue weighted by Crippen LogP contribution is -2.34. The molecule has 1 aliphatic heterocycles. The number of hydrogen-bond donors (Lipinski definition) is 1. The van der Waals surface area contributed by atoms with Crippen LogP contribution in [0.4, 0.5) is 10.1 Å².